The van der Waals surface area contributed by atoms with Gasteiger partial charge in [-0.25, -0.2) is 4.79 Å². The fourth-order valence-corrected chi connectivity index (χ4v) is 3.95. The second kappa shape index (κ2) is 10.3. The molecule has 0 aliphatic carbocycles. The van der Waals surface area contributed by atoms with E-state index in [1.807, 2.05) is 75.4 Å². The molecule has 2 N–H and O–H groups in total. The Balaban J connectivity index is 1.44. The Morgan fingerprint density at radius 3 is 2.29 bits per heavy atom. The monoisotopic (exact) mass is 464 g/mol. The van der Waals surface area contributed by atoms with Gasteiger partial charge in [0.1, 0.15) is 11.3 Å². The van der Waals surface area contributed by atoms with Crippen molar-refractivity contribution in [3.05, 3.63) is 54.6 Å². The maximum atomic E-state index is 13.0. The average molecular weight is 465 g/mol. The van der Waals surface area contributed by atoms with Gasteiger partial charge in [0.15, 0.2) is 6.04 Å². The van der Waals surface area contributed by atoms with E-state index < -0.39 is 17.6 Å². The van der Waals surface area contributed by atoms with Crippen molar-refractivity contribution in [2.45, 2.75) is 57.7 Å². The van der Waals surface area contributed by atoms with Crippen LogP contribution in [0.3, 0.4) is 0 Å². The first-order valence-electron chi connectivity index (χ1n) is 11.7. The quantitative estimate of drug-likeness (QED) is 0.623. The first-order valence-corrected chi connectivity index (χ1v) is 11.7. The molecule has 180 valence electrons. The fraction of sp³-hybridized carbons (Fsp3) is 0.423. The number of hydrazone groups is 1. The number of carbonyl (C=O) groups excluding carboxylic acids is 2. The molecule has 0 radical (unpaired) electrons. The molecule has 1 amide bonds. The number of nitrogens with one attached hydrogen (secondary N) is 2. The Morgan fingerprint density at radius 1 is 1.00 bits per heavy atom. The lowest BCUT2D eigenvalue weighted by Gasteiger charge is -2.26. The Bertz CT molecular complexity index is 1030. The van der Waals surface area contributed by atoms with Crippen molar-refractivity contribution in [1.29, 1.82) is 0 Å². The fourth-order valence-electron chi connectivity index (χ4n) is 3.95. The van der Waals surface area contributed by atoms with E-state index in [1.165, 1.54) is 0 Å². The molecule has 0 spiro atoms. The van der Waals surface area contributed by atoms with Crippen LogP contribution in [0.25, 0.3) is 0 Å². The van der Waals surface area contributed by atoms with E-state index in [-0.39, 0.29) is 18.0 Å². The van der Waals surface area contributed by atoms with Crippen molar-refractivity contribution in [3.63, 3.8) is 0 Å². The second-order valence-electron chi connectivity index (χ2n) is 9.54. The molecule has 4 rings (SSSR count). The molecule has 0 bridgehead atoms. The molecule has 8 nitrogen and oxygen atoms in total. The van der Waals surface area contributed by atoms with E-state index in [0.29, 0.717) is 11.7 Å². The van der Waals surface area contributed by atoms with Gasteiger partial charge in [-0.1, -0.05) is 18.2 Å². The lowest BCUT2D eigenvalue weighted by molar-refractivity contribution is -0.156. The largest absolute Gasteiger partial charge is 0.458 e. The zero-order chi connectivity index (χ0) is 24.1. The summed E-state index contributed by atoms with van der Waals surface area (Å²) >= 11 is 0. The highest BCUT2D eigenvalue weighted by Crippen LogP contribution is 2.27. The highest BCUT2D eigenvalue weighted by molar-refractivity contribution is 6.44. The van der Waals surface area contributed by atoms with Gasteiger partial charge >= 0.3 is 5.97 Å². The smallest absolute Gasteiger partial charge is 0.331 e. The summed E-state index contributed by atoms with van der Waals surface area (Å²) < 4.78 is 11.0. The minimum Gasteiger partial charge on any atom is -0.458 e. The molecule has 34 heavy (non-hydrogen) atoms. The summed E-state index contributed by atoms with van der Waals surface area (Å²) in [4.78, 5) is 25.9. The normalized spacial score (nSPS) is 18.9. The standard InChI is InChI=1S/C26H32N4O4/c1-26(2,3)34-25(32)23-17-22(29-30(23)21-7-5-4-6-8-21)24(31)28-19-11-9-18(10-12-19)27-20-13-15-33-16-14-20/h4-12,20,23,27H,13-17H2,1-3H3,(H,28,31)/t23-/m0/s1. The number of amides is 1. The number of esters is 1. The molecular formula is C26H32N4O4. The zero-order valence-electron chi connectivity index (χ0n) is 19.9. The van der Waals surface area contributed by atoms with Crippen LogP contribution in [0.15, 0.2) is 59.7 Å². The van der Waals surface area contributed by atoms with Crippen molar-refractivity contribution in [3.8, 4) is 0 Å². The second-order valence-corrected chi connectivity index (χ2v) is 9.54. The first-order chi connectivity index (χ1) is 16.3. The molecule has 0 saturated carbocycles. The third kappa shape index (κ3) is 6.14. The third-order valence-corrected chi connectivity index (χ3v) is 5.61. The number of nitrogens with zero attached hydrogens (tertiary/aromatic N) is 2. The molecule has 2 aliphatic rings. The zero-order valence-corrected chi connectivity index (χ0v) is 19.9. The topological polar surface area (TPSA) is 92.3 Å². The van der Waals surface area contributed by atoms with Crippen LogP contribution in [0.5, 0.6) is 0 Å². The third-order valence-electron chi connectivity index (χ3n) is 5.61. The summed E-state index contributed by atoms with van der Waals surface area (Å²) in [5.41, 5.74) is 2.04. The van der Waals surface area contributed by atoms with E-state index in [2.05, 4.69) is 15.7 Å². The SMILES string of the molecule is CC(C)(C)OC(=O)[C@@H]1CC(C(=O)Nc2ccc(NC3CCOCC3)cc2)=NN1c1ccccc1. The maximum absolute atomic E-state index is 13.0. The van der Waals surface area contributed by atoms with Crippen LogP contribution >= 0.6 is 0 Å². The molecule has 1 fully saturated rings. The average Bonchev–Trinajstić information content (AvgIpc) is 3.27. The minimum atomic E-state index is -0.701. The number of rotatable bonds is 6. The summed E-state index contributed by atoms with van der Waals surface area (Å²) in [5, 5.41) is 12.5. The molecule has 1 atom stereocenters. The maximum Gasteiger partial charge on any atom is 0.331 e. The van der Waals surface area contributed by atoms with Crippen LogP contribution in [-0.2, 0) is 19.1 Å². The number of benzene rings is 2. The highest BCUT2D eigenvalue weighted by Gasteiger charge is 2.38. The lowest BCUT2D eigenvalue weighted by Crippen LogP contribution is -2.40. The van der Waals surface area contributed by atoms with Gasteiger partial charge in [-0.05, 0) is 70.0 Å². The minimum absolute atomic E-state index is 0.166. The van der Waals surface area contributed by atoms with Gasteiger partial charge in [0, 0.05) is 37.1 Å². The van der Waals surface area contributed by atoms with Crippen molar-refractivity contribution in [2.75, 3.05) is 28.9 Å². The van der Waals surface area contributed by atoms with E-state index in [0.717, 1.165) is 37.4 Å². The summed E-state index contributed by atoms with van der Waals surface area (Å²) in [6.07, 6.45) is 2.13. The van der Waals surface area contributed by atoms with Crippen molar-refractivity contribution < 1.29 is 19.1 Å². The van der Waals surface area contributed by atoms with E-state index in [4.69, 9.17) is 9.47 Å². The van der Waals surface area contributed by atoms with Crippen molar-refractivity contribution in [1.82, 2.24) is 0 Å². The van der Waals surface area contributed by atoms with Crippen LogP contribution in [-0.4, -0.2) is 48.5 Å². The summed E-state index contributed by atoms with van der Waals surface area (Å²) in [6.45, 7) is 7.02. The van der Waals surface area contributed by atoms with Crippen LogP contribution in [0.2, 0.25) is 0 Å². The molecule has 2 aromatic rings. The van der Waals surface area contributed by atoms with Gasteiger partial charge in [-0.2, -0.15) is 5.10 Å². The van der Waals surface area contributed by atoms with Crippen molar-refractivity contribution >= 4 is 34.7 Å². The Labute approximate surface area is 200 Å². The van der Waals surface area contributed by atoms with Crippen LogP contribution in [0, 0.1) is 0 Å². The highest BCUT2D eigenvalue weighted by atomic mass is 16.6. The number of anilines is 3. The molecule has 8 heteroatoms. The van der Waals surface area contributed by atoms with Crippen LogP contribution < -0.4 is 15.6 Å². The lowest BCUT2D eigenvalue weighted by atomic mass is 10.1. The van der Waals surface area contributed by atoms with Gasteiger partial charge in [-0.3, -0.25) is 9.80 Å². The number of hydrogen-bond acceptors (Lipinski definition) is 7. The van der Waals surface area contributed by atoms with Gasteiger partial charge in [-0.15, -0.1) is 0 Å². The predicted octanol–water partition coefficient (Wildman–Crippen LogP) is 4.19. The number of ether oxygens (including phenoxy) is 2. The Hall–Kier alpha value is -3.39. The van der Waals surface area contributed by atoms with E-state index in [1.54, 1.807) is 5.01 Å². The summed E-state index contributed by atoms with van der Waals surface area (Å²) in [5.74, 6) is -0.747. The molecule has 0 unspecified atom stereocenters. The van der Waals surface area contributed by atoms with Gasteiger partial charge in [0.25, 0.3) is 5.91 Å². The molecule has 2 heterocycles. The van der Waals surface area contributed by atoms with Gasteiger partial charge in [0.2, 0.25) is 0 Å². The van der Waals surface area contributed by atoms with Crippen LogP contribution in [0.1, 0.15) is 40.0 Å². The number of hydrogen-bond donors (Lipinski definition) is 2. The van der Waals surface area contributed by atoms with E-state index in [9.17, 15) is 9.59 Å². The van der Waals surface area contributed by atoms with Crippen molar-refractivity contribution in [2.24, 2.45) is 5.10 Å². The summed E-state index contributed by atoms with van der Waals surface area (Å²) in [6, 6.07) is 16.6. The number of carbonyl (C=O) groups is 2. The molecule has 2 aliphatic heterocycles. The molecule has 1 saturated heterocycles. The summed E-state index contributed by atoms with van der Waals surface area (Å²) in [7, 11) is 0. The number of para-hydroxylation sites is 1. The predicted molar refractivity (Wildman–Crippen MR) is 133 cm³/mol. The van der Waals surface area contributed by atoms with Crippen LogP contribution in [0.4, 0.5) is 17.1 Å². The first kappa shape index (κ1) is 23.8. The van der Waals surface area contributed by atoms with Gasteiger partial charge < -0.3 is 20.1 Å². The Kier molecular flexibility index (Phi) is 7.17. The molecule has 2 aromatic carbocycles. The Morgan fingerprint density at radius 2 is 1.65 bits per heavy atom. The van der Waals surface area contributed by atoms with Gasteiger partial charge in [0.05, 0.1) is 5.69 Å². The molecule has 0 aromatic heterocycles. The molecular weight excluding hydrogens is 432 g/mol. The van der Waals surface area contributed by atoms with E-state index >= 15 is 0 Å².